The van der Waals surface area contributed by atoms with Gasteiger partial charge in [0.25, 0.3) is 5.91 Å². The van der Waals surface area contributed by atoms with Gasteiger partial charge in [0.2, 0.25) is 0 Å². The Kier molecular flexibility index (Phi) is 11.1. The Morgan fingerprint density at radius 1 is 0.843 bits per heavy atom. The van der Waals surface area contributed by atoms with Crippen LogP contribution in [0.4, 0.5) is 0 Å². The van der Waals surface area contributed by atoms with Crippen molar-refractivity contribution in [3.05, 3.63) is 143 Å². The Morgan fingerprint density at radius 2 is 1.53 bits per heavy atom. The van der Waals surface area contributed by atoms with Gasteiger partial charge in [-0.15, -0.1) is 12.4 Å². The van der Waals surface area contributed by atoms with Crippen molar-refractivity contribution in [3.8, 4) is 28.3 Å². The number of nitrogens with zero attached hydrogens (tertiary/aromatic N) is 3. The van der Waals surface area contributed by atoms with Crippen LogP contribution in [0.15, 0.2) is 115 Å². The average Bonchev–Trinajstić information content (AvgIpc) is 3.54. The number of carboxylic acids is 1. The van der Waals surface area contributed by atoms with E-state index in [1.54, 1.807) is 17.0 Å². The number of amides is 1. The van der Waals surface area contributed by atoms with Crippen molar-refractivity contribution in [1.82, 2.24) is 14.5 Å². The van der Waals surface area contributed by atoms with Gasteiger partial charge >= 0.3 is 5.97 Å². The SMILES string of the molecule is CN(Cc1ccccc1)C(=O)c1ccc(-c2ccc(Cl)cc2)c(COc2ccc(-c3nc4cc(C(=O)O)ccc4n3C3CCCCC3)cc2)c1.Cl. The number of fused-ring (bicyclic) bond motifs is 1. The quantitative estimate of drug-likeness (QED) is 0.152. The topological polar surface area (TPSA) is 84.7 Å². The van der Waals surface area contributed by atoms with Crippen molar-refractivity contribution in [2.45, 2.75) is 51.3 Å². The van der Waals surface area contributed by atoms with Crippen molar-refractivity contribution in [3.63, 3.8) is 0 Å². The van der Waals surface area contributed by atoms with Gasteiger partial charge in [0.15, 0.2) is 0 Å². The summed E-state index contributed by atoms with van der Waals surface area (Å²) in [4.78, 5) is 31.9. The summed E-state index contributed by atoms with van der Waals surface area (Å²) in [5, 5.41) is 10.2. The monoisotopic (exact) mass is 719 g/mol. The summed E-state index contributed by atoms with van der Waals surface area (Å²) in [6.07, 6.45) is 5.70. The Hall–Kier alpha value is -5.11. The number of halogens is 2. The number of aromatic nitrogens is 2. The molecule has 260 valence electrons. The zero-order chi connectivity index (χ0) is 34.6. The van der Waals surface area contributed by atoms with Gasteiger partial charge < -0.3 is 19.3 Å². The number of carbonyl (C=O) groups excluding carboxylic acids is 1. The molecule has 6 aromatic rings. The number of imidazole rings is 1. The first-order valence-corrected chi connectivity index (χ1v) is 17.4. The van der Waals surface area contributed by atoms with Crippen LogP contribution in [0.5, 0.6) is 5.75 Å². The standard InChI is InChI=1S/C42H38ClN3O4.ClH/c1-45(26-28-8-4-2-5-9-28)41(47)31-16-22-37(29-12-18-34(43)19-13-29)33(24-31)27-50-36-20-14-30(15-21-36)40-44-38-25-32(42(48)49)17-23-39(38)46(40)35-10-6-3-7-11-35;/h2,4-5,8-9,12-25,35H,3,6-7,10-11,26-27H2,1H3,(H,48,49);1H. The van der Waals surface area contributed by atoms with Gasteiger partial charge in [-0.25, -0.2) is 9.78 Å². The number of carboxylic acid groups (broad SMARTS) is 1. The molecular weight excluding hydrogens is 681 g/mol. The summed E-state index contributed by atoms with van der Waals surface area (Å²) in [5.74, 6) is 0.480. The van der Waals surface area contributed by atoms with E-state index in [1.165, 1.54) is 6.42 Å². The lowest BCUT2D eigenvalue weighted by molar-refractivity contribution is 0.0696. The smallest absolute Gasteiger partial charge is 0.335 e. The van der Waals surface area contributed by atoms with Crippen LogP contribution in [-0.4, -0.2) is 38.5 Å². The number of ether oxygens (including phenoxy) is 1. The first kappa shape index (κ1) is 35.7. The predicted octanol–water partition coefficient (Wildman–Crippen LogP) is 10.5. The lowest BCUT2D eigenvalue weighted by Gasteiger charge is -2.25. The molecular formula is C42H39Cl2N3O4. The molecule has 1 amide bonds. The fraction of sp³-hybridized carbons (Fsp3) is 0.214. The highest BCUT2D eigenvalue weighted by atomic mass is 35.5. The second kappa shape index (κ2) is 15.8. The molecule has 0 unspecified atom stereocenters. The molecule has 0 bridgehead atoms. The van der Waals surface area contributed by atoms with Crippen LogP contribution in [0.25, 0.3) is 33.5 Å². The first-order chi connectivity index (χ1) is 24.3. The number of hydrogen-bond acceptors (Lipinski definition) is 4. The molecule has 51 heavy (non-hydrogen) atoms. The number of benzene rings is 5. The van der Waals surface area contributed by atoms with E-state index < -0.39 is 5.97 Å². The molecule has 0 saturated heterocycles. The van der Waals surface area contributed by atoms with Gasteiger partial charge in [-0.05, 0) is 102 Å². The normalized spacial score (nSPS) is 13.1. The molecule has 1 aromatic heterocycles. The summed E-state index contributed by atoms with van der Waals surface area (Å²) in [5.41, 5.74) is 7.27. The molecule has 7 nitrogen and oxygen atoms in total. The van der Waals surface area contributed by atoms with Gasteiger partial charge in [-0.3, -0.25) is 4.79 Å². The van der Waals surface area contributed by atoms with E-state index in [0.717, 1.165) is 64.8 Å². The molecule has 7 rings (SSSR count). The van der Waals surface area contributed by atoms with E-state index in [2.05, 4.69) is 4.57 Å². The third-order valence-electron chi connectivity index (χ3n) is 9.50. The second-order valence-corrected chi connectivity index (χ2v) is 13.4. The van der Waals surface area contributed by atoms with Crippen molar-refractivity contribution in [2.24, 2.45) is 0 Å². The summed E-state index contributed by atoms with van der Waals surface area (Å²) < 4.78 is 8.66. The highest BCUT2D eigenvalue weighted by Crippen LogP contribution is 2.37. The number of hydrogen-bond donors (Lipinski definition) is 1. The van der Waals surface area contributed by atoms with Gasteiger partial charge in [0.1, 0.15) is 18.2 Å². The van der Waals surface area contributed by atoms with Gasteiger partial charge in [-0.2, -0.15) is 0 Å². The zero-order valence-corrected chi connectivity index (χ0v) is 29.9. The first-order valence-electron chi connectivity index (χ1n) is 17.0. The average molecular weight is 721 g/mol. The lowest BCUT2D eigenvalue weighted by atomic mass is 9.95. The molecule has 1 N–H and O–H groups in total. The Bertz CT molecular complexity index is 2140. The largest absolute Gasteiger partial charge is 0.489 e. The Labute approximate surface area is 308 Å². The minimum absolute atomic E-state index is 0. The molecule has 1 saturated carbocycles. The molecule has 0 atom stereocenters. The maximum atomic E-state index is 13.5. The molecule has 5 aromatic carbocycles. The number of rotatable bonds is 10. The molecule has 0 spiro atoms. The summed E-state index contributed by atoms with van der Waals surface area (Å²) in [6, 6.07) is 36.7. The van der Waals surface area contributed by atoms with Crippen LogP contribution in [-0.2, 0) is 13.2 Å². The maximum Gasteiger partial charge on any atom is 0.335 e. The number of aromatic carboxylic acids is 1. The van der Waals surface area contributed by atoms with Crippen LogP contribution < -0.4 is 4.74 Å². The van der Waals surface area contributed by atoms with Crippen LogP contribution in [0.1, 0.15) is 70.0 Å². The van der Waals surface area contributed by atoms with Gasteiger partial charge in [0, 0.05) is 35.8 Å². The van der Waals surface area contributed by atoms with Crippen molar-refractivity contribution >= 4 is 46.9 Å². The number of carbonyl (C=O) groups is 2. The maximum absolute atomic E-state index is 13.5. The van der Waals surface area contributed by atoms with E-state index in [4.69, 9.17) is 21.3 Å². The Morgan fingerprint density at radius 3 is 2.24 bits per heavy atom. The molecule has 1 fully saturated rings. The molecule has 0 radical (unpaired) electrons. The van der Waals surface area contributed by atoms with Crippen LogP contribution in [0, 0.1) is 0 Å². The zero-order valence-electron chi connectivity index (χ0n) is 28.3. The van der Waals surface area contributed by atoms with E-state index in [9.17, 15) is 14.7 Å². The van der Waals surface area contributed by atoms with E-state index in [0.29, 0.717) is 34.4 Å². The van der Waals surface area contributed by atoms with Gasteiger partial charge in [0.05, 0.1) is 16.6 Å². The fourth-order valence-corrected chi connectivity index (χ4v) is 7.04. The van der Waals surface area contributed by atoms with Crippen molar-refractivity contribution in [1.29, 1.82) is 0 Å². The van der Waals surface area contributed by atoms with E-state index in [-0.39, 0.29) is 30.5 Å². The molecule has 1 aliphatic rings. The summed E-state index contributed by atoms with van der Waals surface area (Å²) in [7, 11) is 1.81. The van der Waals surface area contributed by atoms with Crippen molar-refractivity contribution < 1.29 is 19.4 Å². The summed E-state index contributed by atoms with van der Waals surface area (Å²) in [6.45, 7) is 0.755. The van der Waals surface area contributed by atoms with Crippen LogP contribution >= 0.6 is 24.0 Å². The minimum Gasteiger partial charge on any atom is -0.489 e. The highest BCUT2D eigenvalue weighted by molar-refractivity contribution is 6.30. The molecule has 1 heterocycles. The van der Waals surface area contributed by atoms with Crippen LogP contribution in [0.2, 0.25) is 5.02 Å². The molecule has 0 aliphatic heterocycles. The molecule has 1 aliphatic carbocycles. The van der Waals surface area contributed by atoms with Crippen molar-refractivity contribution in [2.75, 3.05) is 7.05 Å². The Balaban J connectivity index is 0.00000448. The van der Waals surface area contributed by atoms with Crippen LogP contribution in [0.3, 0.4) is 0 Å². The lowest BCUT2D eigenvalue weighted by Crippen LogP contribution is -2.26. The van der Waals surface area contributed by atoms with E-state index in [1.807, 2.05) is 110 Å². The van der Waals surface area contributed by atoms with Gasteiger partial charge in [-0.1, -0.05) is 79.4 Å². The second-order valence-electron chi connectivity index (χ2n) is 12.9. The summed E-state index contributed by atoms with van der Waals surface area (Å²) >= 11 is 6.20. The molecule has 9 heteroatoms. The third-order valence-corrected chi connectivity index (χ3v) is 9.75. The predicted molar refractivity (Wildman–Crippen MR) is 205 cm³/mol. The minimum atomic E-state index is -0.963. The van der Waals surface area contributed by atoms with E-state index >= 15 is 0 Å². The fourth-order valence-electron chi connectivity index (χ4n) is 6.91. The third kappa shape index (κ3) is 7.95. The highest BCUT2D eigenvalue weighted by Gasteiger charge is 2.23.